The van der Waals surface area contributed by atoms with Crippen molar-refractivity contribution >= 4 is 12.6 Å². The van der Waals surface area contributed by atoms with E-state index in [9.17, 15) is 0 Å². The fourth-order valence-electron chi connectivity index (χ4n) is 3.19. The molecule has 0 aromatic rings. The van der Waals surface area contributed by atoms with Gasteiger partial charge >= 0.3 is 0 Å². The highest BCUT2D eigenvalue weighted by molar-refractivity contribution is 7.80. The Kier molecular flexibility index (Phi) is 5.64. The van der Waals surface area contributed by atoms with E-state index in [0.29, 0.717) is 0 Å². The quantitative estimate of drug-likeness (QED) is 0.730. The molecule has 0 radical (unpaired) electrons. The minimum Gasteiger partial charge on any atom is -0.302 e. The molecule has 2 fully saturated rings. The molecule has 0 aromatic heterocycles. The molecule has 0 saturated carbocycles. The molecule has 2 atom stereocenters. The predicted octanol–water partition coefficient (Wildman–Crippen LogP) is 2.50. The summed E-state index contributed by atoms with van der Waals surface area (Å²) in [6.07, 6.45) is 6.88. The maximum Gasteiger partial charge on any atom is 0.0235 e. The molecule has 2 aliphatic rings. The van der Waals surface area contributed by atoms with Gasteiger partial charge in [0.2, 0.25) is 0 Å². The second kappa shape index (κ2) is 7.01. The number of thiol groups is 1. The predicted molar refractivity (Wildman–Crippen MR) is 77.9 cm³/mol. The van der Waals surface area contributed by atoms with Gasteiger partial charge in [0.25, 0.3) is 0 Å². The molecule has 100 valence electrons. The van der Waals surface area contributed by atoms with Crippen LogP contribution in [-0.2, 0) is 0 Å². The molecule has 0 amide bonds. The monoisotopic (exact) mass is 256 g/mol. The standard InChI is InChI=1S/C14H28N2S/c1-13(6-11-17)4-9-15-10-5-14(12-15)16-7-2-3-8-16/h13-14,17H,2-12H2,1H3. The number of likely N-dealkylation sites (tertiary alicyclic amines) is 2. The van der Waals surface area contributed by atoms with Crippen molar-refractivity contribution in [3.63, 3.8) is 0 Å². The Bertz CT molecular complexity index is 216. The van der Waals surface area contributed by atoms with Gasteiger partial charge in [0.05, 0.1) is 0 Å². The third-order valence-corrected chi connectivity index (χ3v) is 4.72. The first-order valence-corrected chi connectivity index (χ1v) is 8.00. The minimum atomic E-state index is 0.846. The Hall–Kier alpha value is 0.270. The summed E-state index contributed by atoms with van der Waals surface area (Å²) in [4.78, 5) is 5.40. The van der Waals surface area contributed by atoms with Crippen LogP contribution in [0.5, 0.6) is 0 Å². The molecule has 0 aliphatic carbocycles. The Balaban J connectivity index is 1.63. The summed E-state index contributed by atoms with van der Waals surface area (Å²) in [7, 11) is 0. The molecule has 2 nitrogen and oxygen atoms in total. The van der Waals surface area contributed by atoms with Crippen LogP contribution < -0.4 is 0 Å². The fourth-order valence-corrected chi connectivity index (χ4v) is 3.63. The largest absolute Gasteiger partial charge is 0.302 e. The first-order chi connectivity index (χ1) is 8.29. The van der Waals surface area contributed by atoms with Gasteiger partial charge < -0.3 is 4.90 Å². The van der Waals surface area contributed by atoms with E-state index in [1.807, 2.05) is 0 Å². The number of hydrogen-bond acceptors (Lipinski definition) is 3. The molecule has 2 rings (SSSR count). The lowest BCUT2D eigenvalue weighted by Gasteiger charge is -2.24. The van der Waals surface area contributed by atoms with Gasteiger partial charge in [0.15, 0.2) is 0 Å². The second-order valence-corrected chi connectivity index (χ2v) is 6.34. The summed E-state index contributed by atoms with van der Waals surface area (Å²) in [5.41, 5.74) is 0. The van der Waals surface area contributed by atoms with Gasteiger partial charge in [-0.3, -0.25) is 4.90 Å². The highest BCUT2D eigenvalue weighted by Gasteiger charge is 2.28. The highest BCUT2D eigenvalue weighted by Crippen LogP contribution is 2.21. The van der Waals surface area contributed by atoms with Gasteiger partial charge in [-0.05, 0) is 70.0 Å². The molecule has 0 N–H and O–H groups in total. The smallest absolute Gasteiger partial charge is 0.0235 e. The highest BCUT2D eigenvalue weighted by atomic mass is 32.1. The van der Waals surface area contributed by atoms with E-state index in [1.165, 1.54) is 64.8 Å². The second-order valence-electron chi connectivity index (χ2n) is 5.89. The van der Waals surface area contributed by atoms with E-state index < -0.39 is 0 Å². The maximum atomic E-state index is 4.32. The van der Waals surface area contributed by atoms with E-state index >= 15 is 0 Å². The zero-order valence-electron chi connectivity index (χ0n) is 11.3. The summed E-state index contributed by atoms with van der Waals surface area (Å²) in [6, 6.07) is 0.873. The van der Waals surface area contributed by atoms with Gasteiger partial charge in [-0.15, -0.1) is 0 Å². The Morgan fingerprint density at radius 3 is 2.65 bits per heavy atom. The number of rotatable bonds is 6. The summed E-state index contributed by atoms with van der Waals surface area (Å²) in [6.45, 7) is 9.04. The lowest BCUT2D eigenvalue weighted by atomic mass is 10.1. The lowest BCUT2D eigenvalue weighted by molar-refractivity contribution is 0.227. The van der Waals surface area contributed by atoms with Crippen molar-refractivity contribution in [3.8, 4) is 0 Å². The van der Waals surface area contributed by atoms with E-state index in [4.69, 9.17) is 0 Å². The van der Waals surface area contributed by atoms with Crippen LogP contribution in [0.25, 0.3) is 0 Å². The average Bonchev–Trinajstić information content (AvgIpc) is 2.97. The molecule has 0 spiro atoms. The molecular formula is C14H28N2S. The minimum absolute atomic E-state index is 0.846. The topological polar surface area (TPSA) is 6.48 Å². The molecular weight excluding hydrogens is 228 g/mol. The van der Waals surface area contributed by atoms with E-state index in [1.54, 1.807) is 0 Å². The Morgan fingerprint density at radius 1 is 1.18 bits per heavy atom. The van der Waals surface area contributed by atoms with Gasteiger partial charge in [-0.2, -0.15) is 12.6 Å². The molecule has 2 aliphatic heterocycles. The molecule has 0 bridgehead atoms. The van der Waals surface area contributed by atoms with Crippen molar-refractivity contribution in [1.29, 1.82) is 0 Å². The van der Waals surface area contributed by atoms with Crippen LogP contribution in [0.4, 0.5) is 0 Å². The molecule has 2 heterocycles. The number of hydrogen-bond donors (Lipinski definition) is 1. The van der Waals surface area contributed by atoms with Crippen LogP contribution in [0, 0.1) is 5.92 Å². The van der Waals surface area contributed by atoms with Crippen LogP contribution in [0.1, 0.15) is 39.0 Å². The van der Waals surface area contributed by atoms with Crippen LogP contribution in [0.2, 0.25) is 0 Å². The van der Waals surface area contributed by atoms with Crippen molar-refractivity contribution in [2.75, 3.05) is 38.5 Å². The van der Waals surface area contributed by atoms with Crippen LogP contribution >= 0.6 is 12.6 Å². The van der Waals surface area contributed by atoms with E-state index in [-0.39, 0.29) is 0 Å². The third-order valence-electron chi connectivity index (χ3n) is 4.46. The van der Waals surface area contributed by atoms with Crippen LogP contribution in [0.3, 0.4) is 0 Å². The average molecular weight is 256 g/mol. The van der Waals surface area contributed by atoms with Crippen molar-refractivity contribution in [3.05, 3.63) is 0 Å². The molecule has 2 saturated heterocycles. The van der Waals surface area contributed by atoms with Crippen molar-refractivity contribution in [1.82, 2.24) is 9.80 Å². The van der Waals surface area contributed by atoms with E-state index in [2.05, 4.69) is 29.4 Å². The molecule has 2 unspecified atom stereocenters. The maximum absolute atomic E-state index is 4.32. The summed E-state index contributed by atoms with van der Waals surface area (Å²) in [5, 5.41) is 0. The first kappa shape index (κ1) is 13.7. The third kappa shape index (κ3) is 4.15. The van der Waals surface area contributed by atoms with Crippen molar-refractivity contribution in [2.24, 2.45) is 5.92 Å². The first-order valence-electron chi connectivity index (χ1n) is 7.37. The zero-order chi connectivity index (χ0) is 12.1. The fraction of sp³-hybridized carbons (Fsp3) is 1.00. The lowest BCUT2D eigenvalue weighted by Crippen LogP contribution is -2.35. The van der Waals surface area contributed by atoms with Crippen LogP contribution in [0.15, 0.2) is 0 Å². The van der Waals surface area contributed by atoms with Gasteiger partial charge in [0.1, 0.15) is 0 Å². The SMILES string of the molecule is CC(CCS)CCN1CCC(N2CCCC2)C1. The summed E-state index contributed by atoms with van der Waals surface area (Å²) in [5.74, 6) is 1.88. The van der Waals surface area contributed by atoms with Gasteiger partial charge in [0, 0.05) is 12.6 Å². The van der Waals surface area contributed by atoms with Gasteiger partial charge in [-0.1, -0.05) is 6.92 Å². The Labute approximate surface area is 112 Å². The summed E-state index contributed by atoms with van der Waals surface area (Å²) < 4.78 is 0. The van der Waals surface area contributed by atoms with Crippen molar-refractivity contribution < 1.29 is 0 Å². The van der Waals surface area contributed by atoms with Crippen molar-refractivity contribution in [2.45, 2.75) is 45.1 Å². The van der Waals surface area contributed by atoms with Crippen LogP contribution in [-0.4, -0.2) is 54.3 Å². The molecule has 17 heavy (non-hydrogen) atoms. The zero-order valence-corrected chi connectivity index (χ0v) is 12.2. The van der Waals surface area contributed by atoms with E-state index in [0.717, 1.165) is 17.7 Å². The molecule has 3 heteroatoms. The Morgan fingerprint density at radius 2 is 1.94 bits per heavy atom. The van der Waals surface area contributed by atoms with Gasteiger partial charge in [-0.25, -0.2) is 0 Å². The molecule has 0 aromatic carbocycles. The normalized spacial score (nSPS) is 28.9. The summed E-state index contributed by atoms with van der Waals surface area (Å²) >= 11 is 4.32. The number of nitrogens with zero attached hydrogens (tertiary/aromatic N) is 2.